The minimum atomic E-state index is -0.460. The number of amides is 2. The third-order valence-electron chi connectivity index (χ3n) is 5.84. The molecule has 2 aliphatic heterocycles. The van der Waals surface area contributed by atoms with Gasteiger partial charge in [0.05, 0.1) is 12.2 Å². The summed E-state index contributed by atoms with van der Waals surface area (Å²) in [5.74, 6) is -0.254. The Morgan fingerprint density at radius 3 is 2.84 bits per heavy atom. The maximum atomic E-state index is 14.4. The van der Waals surface area contributed by atoms with Gasteiger partial charge in [0.2, 0.25) is 0 Å². The van der Waals surface area contributed by atoms with E-state index in [0.717, 1.165) is 30.5 Å². The van der Waals surface area contributed by atoms with Crippen molar-refractivity contribution in [3.05, 3.63) is 65.6 Å². The predicted molar refractivity (Wildman–Crippen MR) is 120 cm³/mol. The first-order valence-corrected chi connectivity index (χ1v) is 10.3. The summed E-state index contributed by atoms with van der Waals surface area (Å²) in [5, 5.41) is 7.13. The number of hydrogen-bond donors (Lipinski definition) is 1. The standard InChI is InChI=1S/C22H22F2N6O.ClH/c1-14-6-9-28(13-14)22(31)26-18-12-25-30-10-7-20(27-21(18)30)29-8-2-3-19(29)16-11-15(23)4-5-17(16)24;/h4-5,7,10-13,19H,2-3,6,8-9H2,1H3,(H,26,31);1H/t19-;/m1./s1. The highest BCUT2D eigenvalue weighted by molar-refractivity contribution is 5.94. The molecule has 0 radical (unpaired) electrons. The first-order valence-electron chi connectivity index (χ1n) is 10.3. The second-order valence-corrected chi connectivity index (χ2v) is 7.98. The molecule has 0 spiro atoms. The molecule has 1 saturated heterocycles. The van der Waals surface area contributed by atoms with Crippen LogP contribution in [0, 0.1) is 11.6 Å². The lowest BCUT2D eigenvalue weighted by molar-refractivity contribution is 0.231. The molecule has 168 valence electrons. The molecule has 0 bridgehead atoms. The molecular weight excluding hydrogens is 438 g/mol. The molecule has 5 rings (SSSR count). The molecule has 2 aliphatic rings. The fourth-order valence-electron chi connectivity index (χ4n) is 4.28. The fourth-order valence-corrected chi connectivity index (χ4v) is 4.28. The quantitative estimate of drug-likeness (QED) is 0.603. The summed E-state index contributed by atoms with van der Waals surface area (Å²) in [6, 6.07) is 4.81. The van der Waals surface area contributed by atoms with Gasteiger partial charge >= 0.3 is 6.03 Å². The third kappa shape index (κ3) is 4.00. The molecule has 1 fully saturated rings. The number of halogens is 3. The van der Waals surface area contributed by atoms with Crippen molar-refractivity contribution < 1.29 is 13.6 Å². The van der Waals surface area contributed by atoms with Crippen LogP contribution in [-0.4, -0.2) is 38.6 Å². The average Bonchev–Trinajstić information content (AvgIpc) is 3.49. The van der Waals surface area contributed by atoms with Crippen LogP contribution in [0.4, 0.5) is 25.1 Å². The van der Waals surface area contributed by atoms with Gasteiger partial charge in [0.1, 0.15) is 23.1 Å². The molecule has 4 heterocycles. The topological polar surface area (TPSA) is 65.8 Å². The van der Waals surface area contributed by atoms with E-state index >= 15 is 0 Å². The Bertz CT molecular complexity index is 1200. The lowest BCUT2D eigenvalue weighted by Gasteiger charge is -2.26. The van der Waals surface area contributed by atoms with Gasteiger partial charge in [-0.25, -0.2) is 23.1 Å². The van der Waals surface area contributed by atoms with Crippen LogP contribution in [0.2, 0.25) is 0 Å². The number of urea groups is 1. The van der Waals surface area contributed by atoms with Crippen molar-refractivity contribution in [1.29, 1.82) is 0 Å². The van der Waals surface area contributed by atoms with Crippen LogP contribution < -0.4 is 10.2 Å². The minimum absolute atomic E-state index is 0. The summed E-state index contributed by atoms with van der Waals surface area (Å²) < 4.78 is 29.8. The monoisotopic (exact) mass is 460 g/mol. The molecule has 10 heteroatoms. The molecule has 7 nitrogen and oxygen atoms in total. The van der Waals surface area contributed by atoms with Crippen LogP contribution in [-0.2, 0) is 0 Å². The van der Waals surface area contributed by atoms with Gasteiger partial charge in [0.25, 0.3) is 0 Å². The normalized spacial score (nSPS) is 18.1. The van der Waals surface area contributed by atoms with Gasteiger partial charge < -0.3 is 15.1 Å². The minimum Gasteiger partial charge on any atom is -0.349 e. The van der Waals surface area contributed by atoms with E-state index in [2.05, 4.69) is 10.4 Å². The summed E-state index contributed by atoms with van der Waals surface area (Å²) in [5.41, 5.74) is 2.48. The van der Waals surface area contributed by atoms with Crippen molar-refractivity contribution >= 4 is 35.6 Å². The van der Waals surface area contributed by atoms with Crippen molar-refractivity contribution in [2.45, 2.75) is 32.2 Å². The number of hydrogen-bond acceptors (Lipinski definition) is 4. The number of carbonyl (C=O) groups is 1. The van der Waals surface area contributed by atoms with Gasteiger partial charge in [-0.1, -0.05) is 5.57 Å². The second kappa shape index (κ2) is 8.74. The van der Waals surface area contributed by atoms with Crippen molar-refractivity contribution in [3.8, 4) is 0 Å². The maximum Gasteiger partial charge on any atom is 0.326 e. The lowest BCUT2D eigenvalue weighted by atomic mass is 10.0. The molecule has 1 aromatic carbocycles. The zero-order valence-corrected chi connectivity index (χ0v) is 18.3. The average molecular weight is 461 g/mol. The van der Waals surface area contributed by atoms with Crippen molar-refractivity contribution in [3.63, 3.8) is 0 Å². The van der Waals surface area contributed by atoms with Crippen LogP contribution in [0.1, 0.15) is 37.8 Å². The molecule has 3 aromatic rings. The highest BCUT2D eigenvalue weighted by Gasteiger charge is 2.30. The maximum absolute atomic E-state index is 14.4. The lowest BCUT2D eigenvalue weighted by Crippen LogP contribution is -2.29. The van der Waals surface area contributed by atoms with Crippen molar-refractivity contribution in [1.82, 2.24) is 19.5 Å². The second-order valence-electron chi connectivity index (χ2n) is 7.98. The fraction of sp³-hybridized carbons (Fsp3) is 0.318. The summed E-state index contributed by atoms with van der Waals surface area (Å²) in [7, 11) is 0. The summed E-state index contributed by atoms with van der Waals surface area (Å²) in [6.07, 6.45) is 7.56. The molecule has 0 unspecified atom stereocenters. The Labute approximate surface area is 190 Å². The zero-order chi connectivity index (χ0) is 21.5. The molecule has 2 amide bonds. The highest BCUT2D eigenvalue weighted by Crippen LogP contribution is 2.37. The smallest absolute Gasteiger partial charge is 0.326 e. The molecule has 1 N–H and O–H groups in total. The van der Waals surface area contributed by atoms with Gasteiger partial charge in [-0.05, 0) is 50.5 Å². The molecule has 0 saturated carbocycles. The highest BCUT2D eigenvalue weighted by atomic mass is 35.5. The summed E-state index contributed by atoms with van der Waals surface area (Å²) in [6.45, 7) is 3.31. The number of benzene rings is 1. The summed E-state index contributed by atoms with van der Waals surface area (Å²) >= 11 is 0. The van der Waals surface area contributed by atoms with E-state index in [1.54, 1.807) is 27.9 Å². The van der Waals surface area contributed by atoms with E-state index in [0.29, 0.717) is 42.2 Å². The number of rotatable bonds is 3. The van der Waals surface area contributed by atoms with Gasteiger partial charge in [0, 0.05) is 31.0 Å². The van der Waals surface area contributed by atoms with Crippen molar-refractivity contribution in [2.75, 3.05) is 23.3 Å². The first-order chi connectivity index (χ1) is 15.0. The number of carbonyl (C=O) groups excluding carboxylic acids is 1. The number of nitrogens with zero attached hydrogens (tertiary/aromatic N) is 5. The molecule has 2 aromatic heterocycles. The van der Waals surface area contributed by atoms with E-state index in [-0.39, 0.29) is 24.5 Å². The molecule has 0 aliphatic carbocycles. The number of fused-ring (bicyclic) bond motifs is 1. The number of aromatic nitrogens is 3. The van der Waals surface area contributed by atoms with E-state index in [1.165, 1.54) is 6.07 Å². The van der Waals surface area contributed by atoms with Crippen LogP contribution in [0.5, 0.6) is 0 Å². The molecule has 1 atom stereocenters. The van der Waals surface area contributed by atoms with Crippen LogP contribution >= 0.6 is 12.4 Å². The van der Waals surface area contributed by atoms with E-state index in [4.69, 9.17) is 4.98 Å². The summed E-state index contributed by atoms with van der Waals surface area (Å²) in [4.78, 5) is 20.9. The van der Waals surface area contributed by atoms with Crippen LogP contribution in [0.15, 0.2) is 48.4 Å². The Balaban J connectivity index is 0.00000245. The Morgan fingerprint density at radius 1 is 1.22 bits per heavy atom. The molecule has 32 heavy (non-hydrogen) atoms. The third-order valence-corrected chi connectivity index (χ3v) is 5.84. The van der Waals surface area contributed by atoms with Crippen LogP contribution in [0.25, 0.3) is 5.65 Å². The number of anilines is 2. The predicted octanol–water partition coefficient (Wildman–Crippen LogP) is 4.91. The Hall–Kier alpha value is -3.20. The van der Waals surface area contributed by atoms with E-state index in [1.807, 2.05) is 18.0 Å². The van der Waals surface area contributed by atoms with Gasteiger partial charge in [-0.3, -0.25) is 0 Å². The number of nitrogens with one attached hydrogen (secondary N) is 1. The SMILES string of the molecule is CC1=CN(C(=O)Nc2cnn3ccc(N4CCC[C@@H]4c4cc(F)ccc4F)nc23)CC1.Cl. The Morgan fingerprint density at radius 2 is 2.06 bits per heavy atom. The van der Waals surface area contributed by atoms with Crippen LogP contribution in [0.3, 0.4) is 0 Å². The van der Waals surface area contributed by atoms with Gasteiger partial charge in [-0.2, -0.15) is 5.10 Å². The van der Waals surface area contributed by atoms with Crippen molar-refractivity contribution in [2.24, 2.45) is 0 Å². The van der Waals surface area contributed by atoms with E-state index in [9.17, 15) is 13.6 Å². The zero-order valence-electron chi connectivity index (χ0n) is 17.5. The van der Waals surface area contributed by atoms with E-state index < -0.39 is 11.6 Å². The Kier molecular flexibility index (Phi) is 6.01. The largest absolute Gasteiger partial charge is 0.349 e. The first kappa shape index (κ1) is 22.0. The van der Waals surface area contributed by atoms with Gasteiger partial charge in [0.15, 0.2) is 5.65 Å². The molecular formula is C22H23ClF2N6O. The van der Waals surface area contributed by atoms with Gasteiger partial charge in [-0.15, -0.1) is 12.4 Å².